The van der Waals surface area contributed by atoms with Gasteiger partial charge >= 0.3 is 0 Å². The van der Waals surface area contributed by atoms with Crippen LogP contribution in [0.5, 0.6) is 0 Å². The molecule has 0 amide bonds. The van der Waals surface area contributed by atoms with Crippen LogP contribution in [0, 0.1) is 0 Å². The van der Waals surface area contributed by atoms with Crippen LogP contribution in [-0.2, 0) is 14.2 Å². The highest BCUT2D eigenvalue weighted by Crippen LogP contribution is 2.39. The van der Waals surface area contributed by atoms with E-state index in [-0.39, 0.29) is 5.92 Å². The first-order valence-electron chi connectivity index (χ1n) is 17.4. The van der Waals surface area contributed by atoms with Crippen LogP contribution in [0.15, 0.2) is 60.9 Å². The Balaban J connectivity index is 1.51. The number of rotatable bonds is 16. The maximum atomic E-state index is 11.1. The Hall–Kier alpha value is -2.94. The zero-order valence-electron chi connectivity index (χ0n) is 30.0. The minimum atomic E-state index is -1.25. The molecule has 48 heavy (non-hydrogen) atoms. The molecule has 3 heterocycles. The molecule has 0 bridgehead atoms. The number of anilines is 1. The zero-order valence-corrected chi connectivity index (χ0v) is 32.0. The fraction of sp³-hybridized carbons (Fsp3) is 0.541. The van der Waals surface area contributed by atoms with E-state index >= 15 is 0 Å². The Morgan fingerprint density at radius 1 is 0.875 bits per heavy atom. The standard InChI is InChI=1S/C37H55N5O4Si2/c1-44-26-37(43)17-15-30(16-18-37)34-23-35(41(27-45-19-21-47(2,3)4)28-46-20-22-48(5,6)7)42-36(40-34)32(25-39-42)31-13-14-33(38-24-31)29-11-9-8-10-12-29/h8-14,23-25,30,43H,15-22,26-28H2,1-7H3. The maximum Gasteiger partial charge on any atom is 0.165 e. The van der Waals surface area contributed by atoms with Gasteiger partial charge < -0.3 is 24.2 Å². The monoisotopic (exact) mass is 689 g/mol. The first kappa shape index (κ1) is 36.3. The predicted molar refractivity (Wildman–Crippen MR) is 200 cm³/mol. The highest BCUT2D eigenvalue weighted by Gasteiger charge is 2.35. The molecule has 0 radical (unpaired) electrons. The van der Waals surface area contributed by atoms with Gasteiger partial charge in [-0.2, -0.15) is 9.61 Å². The number of benzene rings is 1. The van der Waals surface area contributed by atoms with Gasteiger partial charge in [-0.05, 0) is 43.8 Å². The van der Waals surface area contributed by atoms with Crippen molar-refractivity contribution >= 4 is 27.6 Å². The summed E-state index contributed by atoms with van der Waals surface area (Å²) in [4.78, 5) is 12.2. The molecule has 4 aromatic rings. The van der Waals surface area contributed by atoms with Gasteiger partial charge in [-0.3, -0.25) is 4.98 Å². The van der Waals surface area contributed by atoms with E-state index in [1.165, 1.54) is 0 Å². The zero-order chi connectivity index (χ0) is 34.4. The Kier molecular flexibility index (Phi) is 11.9. The van der Waals surface area contributed by atoms with Crippen molar-refractivity contribution in [2.24, 2.45) is 0 Å². The van der Waals surface area contributed by atoms with Gasteiger partial charge in [0.25, 0.3) is 0 Å². The summed E-state index contributed by atoms with van der Waals surface area (Å²) < 4.78 is 19.9. The molecule has 0 atom stereocenters. The van der Waals surface area contributed by atoms with E-state index in [1.807, 2.05) is 35.1 Å². The lowest BCUT2D eigenvalue weighted by atomic mass is 9.78. The van der Waals surface area contributed by atoms with E-state index in [9.17, 15) is 5.11 Å². The molecule has 5 rings (SSSR count). The number of pyridine rings is 1. The van der Waals surface area contributed by atoms with Crippen molar-refractivity contribution in [1.82, 2.24) is 19.6 Å². The highest BCUT2D eigenvalue weighted by atomic mass is 28.3. The Labute approximate surface area is 288 Å². The van der Waals surface area contributed by atoms with E-state index in [1.54, 1.807) is 7.11 Å². The fourth-order valence-corrected chi connectivity index (χ4v) is 7.59. The Morgan fingerprint density at radius 3 is 2.08 bits per heavy atom. The van der Waals surface area contributed by atoms with Gasteiger partial charge in [0.15, 0.2) is 5.65 Å². The number of fused-ring (bicyclic) bond motifs is 1. The van der Waals surface area contributed by atoms with Crippen molar-refractivity contribution < 1.29 is 19.3 Å². The first-order valence-corrected chi connectivity index (χ1v) is 24.8. The van der Waals surface area contributed by atoms with E-state index in [4.69, 9.17) is 29.3 Å². The number of aromatic nitrogens is 4. The van der Waals surface area contributed by atoms with Gasteiger partial charge in [0, 0.05) is 77.0 Å². The average Bonchev–Trinajstić information content (AvgIpc) is 3.48. The lowest BCUT2D eigenvalue weighted by Crippen LogP contribution is -2.38. The van der Waals surface area contributed by atoms with Crippen LogP contribution in [0.1, 0.15) is 37.3 Å². The summed E-state index contributed by atoms with van der Waals surface area (Å²) in [6.45, 7) is 16.8. The Morgan fingerprint density at radius 2 is 1.52 bits per heavy atom. The molecule has 0 unspecified atom stereocenters. The number of hydrogen-bond acceptors (Lipinski definition) is 8. The van der Waals surface area contributed by atoms with Gasteiger partial charge in [-0.25, -0.2) is 4.98 Å². The first-order chi connectivity index (χ1) is 22.8. The minimum absolute atomic E-state index is 0.203. The number of ether oxygens (including phenoxy) is 3. The molecule has 1 aliphatic rings. The molecule has 1 aromatic carbocycles. The van der Waals surface area contributed by atoms with Crippen molar-refractivity contribution in [2.75, 3.05) is 45.3 Å². The normalized spacial score (nSPS) is 18.8. The summed E-state index contributed by atoms with van der Waals surface area (Å²) in [6.07, 6.45) is 6.82. The van der Waals surface area contributed by atoms with Crippen molar-refractivity contribution in [3.63, 3.8) is 0 Å². The molecular weight excluding hydrogens is 635 g/mol. The van der Waals surface area contributed by atoms with Crippen LogP contribution in [0.3, 0.4) is 0 Å². The third-order valence-electron chi connectivity index (χ3n) is 9.18. The molecule has 0 spiro atoms. The fourth-order valence-electron chi connectivity index (χ4n) is 6.08. The summed E-state index contributed by atoms with van der Waals surface area (Å²) >= 11 is 0. The summed E-state index contributed by atoms with van der Waals surface area (Å²) in [7, 11) is -0.841. The summed E-state index contributed by atoms with van der Waals surface area (Å²) in [5.41, 5.74) is 4.89. The predicted octanol–water partition coefficient (Wildman–Crippen LogP) is 7.92. The summed E-state index contributed by atoms with van der Waals surface area (Å²) in [5, 5.41) is 16.0. The molecule has 1 saturated carbocycles. The summed E-state index contributed by atoms with van der Waals surface area (Å²) in [5.74, 6) is 1.10. The van der Waals surface area contributed by atoms with Crippen molar-refractivity contribution in [1.29, 1.82) is 0 Å². The van der Waals surface area contributed by atoms with Crippen LogP contribution < -0.4 is 4.90 Å². The third kappa shape index (κ3) is 9.83. The van der Waals surface area contributed by atoms with Gasteiger partial charge in [-0.15, -0.1) is 0 Å². The largest absolute Gasteiger partial charge is 0.387 e. The second kappa shape index (κ2) is 15.7. The molecule has 9 nitrogen and oxygen atoms in total. The lowest BCUT2D eigenvalue weighted by Gasteiger charge is -2.35. The van der Waals surface area contributed by atoms with E-state index in [2.05, 4.69) is 74.5 Å². The number of aliphatic hydroxyl groups is 1. The molecule has 0 saturated heterocycles. The molecule has 260 valence electrons. The van der Waals surface area contributed by atoms with Crippen molar-refractivity contribution in [3.8, 4) is 22.4 Å². The molecule has 1 aliphatic carbocycles. The third-order valence-corrected chi connectivity index (χ3v) is 12.6. The van der Waals surface area contributed by atoms with Crippen LogP contribution in [0.2, 0.25) is 51.4 Å². The van der Waals surface area contributed by atoms with E-state index in [0.29, 0.717) is 46.1 Å². The molecule has 3 aromatic heterocycles. The molecule has 1 N–H and O–H groups in total. The lowest BCUT2D eigenvalue weighted by molar-refractivity contribution is -0.0590. The number of methoxy groups -OCH3 is 1. The second-order valence-electron chi connectivity index (χ2n) is 15.8. The molecular formula is C37H55N5O4Si2. The molecule has 11 heteroatoms. The van der Waals surface area contributed by atoms with Gasteiger partial charge in [-0.1, -0.05) is 75.7 Å². The molecule has 1 fully saturated rings. The minimum Gasteiger partial charge on any atom is -0.387 e. The van der Waals surface area contributed by atoms with Crippen LogP contribution in [0.4, 0.5) is 5.82 Å². The number of nitrogens with zero attached hydrogens (tertiary/aromatic N) is 5. The quantitative estimate of drug-likeness (QED) is 0.0721. The van der Waals surface area contributed by atoms with Crippen LogP contribution >= 0.6 is 0 Å². The second-order valence-corrected chi connectivity index (χ2v) is 27.0. The topological polar surface area (TPSA) is 94.2 Å². The van der Waals surface area contributed by atoms with Gasteiger partial charge in [0.1, 0.15) is 19.3 Å². The summed E-state index contributed by atoms with van der Waals surface area (Å²) in [6, 6.07) is 18.7. The highest BCUT2D eigenvalue weighted by molar-refractivity contribution is 6.76. The van der Waals surface area contributed by atoms with E-state index in [0.717, 1.165) is 64.5 Å². The average molecular weight is 690 g/mol. The smallest absolute Gasteiger partial charge is 0.165 e. The SMILES string of the molecule is COCC1(O)CCC(c2cc(N(COCC[Si](C)(C)C)COCC[Si](C)(C)C)n3ncc(-c4ccc(-c5ccccc5)nc4)c3n2)CC1. The van der Waals surface area contributed by atoms with Crippen LogP contribution in [-0.4, -0.2) is 86.8 Å². The Bertz CT molecular complexity index is 1570. The van der Waals surface area contributed by atoms with Gasteiger partial charge in [0.05, 0.1) is 24.1 Å². The van der Waals surface area contributed by atoms with E-state index < -0.39 is 21.7 Å². The van der Waals surface area contributed by atoms with Gasteiger partial charge in [0.2, 0.25) is 0 Å². The van der Waals surface area contributed by atoms with Crippen molar-refractivity contribution in [3.05, 3.63) is 66.6 Å². The van der Waals surface area contributed by atoms with Crippen LogP contribution in [0.25, 0.3) is 28.0 Å². The number of hydrogen-bond donors (Lipinski definition) is 1. The molecule has 0 aliphatic heterocycles. The van der Waals surface area contributed by atoms with Crippen molar-refractivity contribution in [2.45, 2.75) is 88.6 Å². The maximum absolute atomic E-state index is 11.1.